The Balaban J connectivity index is 1.70. The predicted molar refractivity (Wildman–Crippen MR) is 140 cm³/mol. The average Bonchev–Trinajstić information content (AvgIpc) is 3.07. The molecule has 0 bridgehead atoms. The zero-order chi connectivity index (χ0) is 24.4. The maximum atomic E-state index is 13.8. The molecular weight excluding hydrogens is 440 g/mol. The van der Waals surface area contributed by atoms with Gasteiger partial charge in [0, 0.05) is 34.7 Å². The highest BCUT2D eigenvalue weighted by Gasteiger charge is 2.43. The number of fused-ring (bicyclic) bond motifs is 1. The van der Waals surface area contributed by atoms with Gasteiger partial charge in [-0.1, -0.05) is 61.9 Å². The molecule has 0 unspecified atom stereocenters. The molecule has 4 nitrogen and oxygen atoms in total. The predicted octanol–water partition coefficient (Wildman–Crippen LogP) is 6.69. The zero-order valence-electron chi connectivity index (χ0n) is 20.3. The number of carbonyl (C=O) groups excluding carboxylic acids is 2. The van der Waals surface area contributed by atoms with Crippen molar-refractivity contribution in [1.82, 2.24) is 0 Å². The molecule has 1 aromatic heterocycles. The van der Waals surface area contributed by atoms with Crippen molar-refractivity contribution in [3.63, 3.8) is 0 Å². The molecular formula is C29H30N2O2S. The van der Waals surface area contributed by atoms with Crippen molar-refractivity contribution in [1.29, 1.82) is 0 Å². The van der Waals surface area contributed by atoms with E-state index in [1.54, 1.807) is 0 Å². The van der Waals surface area contributed by atoms with E-state index in [4.69, 9.17) is 5.73 Å². The number of aryl methyl sites for hydroxylation is 3. The quantitative estimate of drug-likeness (QED) is 0.419. The van der Waals surface area contributed by atoms with Gasteiger partial charge in [0.25, 0.3) is 0 Å². The van der Waals surface area contributed by atoms with Crippen LogP contribution in [-0.4, -0.2) is 11.6 Å². The molecule has 1 aliphatic heterocycles. The van der Waals surface area contributed by atoms with Gasteiger partial charge < -0.3 is 11.1 Å². The van der Waals surface area contributed by atoms with Crippen LogP contribution in [0, 0.1) is 26.2 Å². The number of anilines is 2. The number of nitrogens with one attached hydrogen (secondary N) is 1. The summed E-state index contributed by atoms with van der Waals surface area (Å²) in [5.41, 5.74) is 14.5. The average molecular weight is 471 g/mol. The summed E-state index contributed by atoms with van der Waals surface area (Å²) in [5.74, 6) is -0.166. The molecule has 1 atom stereocenters. The summed E-state index contributed by atoms with van der Waals surface area (Å²) in [4.78, 5) is 27.8. The molecule has 5 rings (SSSR count). The molecule has 0 saturated heterocycles. The number of ketones is 2. The summed E-state index contributed by atoms with van der Waals surface area (Å²) in [6.07, 6.45) is 1.29. The second-order valence-electron chi connectivity index (χ2n) is 10.5. The van der Waals surface area contributed by atoms with Crippen LogP contribution in [0.5, 0.6) is 0 Å². The number of benzene rings is 2. The maximum Gasteiger partial charge on any atom is 0.205 e. The van der Waals surface area contributed by atoms with Crippen molar-refractivity contribution in [2.75, 3.05) is 11.1 Å². The van der Waals surface area contributed by atoms with Gasteiger partial charge in [0.15, 0.2) is 5.78 Å². The van der Waals surface area contributed by atoms with Gasteiger partial charge >= 0.3 is 0 Å². The van der Waals surface area contributed by atoms with Gasteiger partial charge in [-0.25, -0.2) is 0 Å². The van der Waals surface area contributed by atoms with E-state index in [2.05, 4.69) is 19.2 Å². The van der Waals surface area contributed by atoms with E-state index in [9.17, 15) is 9.59 Å². The first-order valence-corrected chi connectivity index (χ1v) is 12.5. The van der Waals surface area contributed by atoms with Crippen molar-refractivity contribution in [3.05, 3.63) is 92.0 Å². The lowest BCUT2D eigenvalue weighted by Gasteiger charge is -2.38. The Morgan fingerprint density at radius 3 is 2.35 bits per heavy atom. The minimum atomic E-state index is -0.269. The third kappa shape index (κ3) is 3.59. The van der Waals surface area contributed by atoms with Gasteiger partial charge in [0.1, 0.15) is 4.88 Å². The highest BCUT2D eigenvalue weighted by atomic mass is 32.1. The van der Waals surface area contributed by atoms with Crippen LogP contribution >= 0.6 is 11.3 Å². The Labute approximate surface area is 204 Å². The van der Waals surface area contributed by atoms with Gasteiger partial charge in [-0.2, -0.15) is 0 Å². The molecule has 34 heavy (non-hydrogen) atoms. The summed E-state index contributed by atoms with van der Waals surface area (Å²) in [7, 11) is 0. The Hall–Kier alpha value is -3.18. The van der Waals surface area contributed by atoms with E-state index in [-0.39, 0.29) is 22.9 Å². The molecule has 3 aromatic rings. The normalized spacial score (nSPS) is 18.9. The molecule has 3 N–H and O–H groups in total. The fraction of sp³-hybridized carbons (Fsp3) is 0.310. The summed E-state index contributed by atoms with van der Waals surface area (Å²) in [6, 6.07) is 14.1. The summed E-state index contributed by atoms with van der Waals surface area (Å²) < 4.78 is 0. The van der Waals surface area contributed by atoms with Crippen molar-refractivity contribution in [2.24, 2.45) is 5.41 Å². The minimum Gasteiger partial charge on any atom is -0.397 e. The fourth-order valence-corrected chi connectivity index (χ4v) is 6.83. The smallest absolute Gasteiger partial charge is 0.205 e. The maximum absolute atomic E-state index is 13.8. The van der Waals surface area contributed by atoms with Crippen LogP contribution in [0.25, 0.3) is 0 Å². The highest BCUT2D eigenvalue weighted by molar-refractivity contribution is 7.19. The molecule has 0 radical (unpaired) electrons. The number of Topliss-reactive ketones (excluding diaryl/α,β-unsaturated/α-hetero) is 1. The third-order valence-electron chi connectivity index (χ3n) is 6.99. The first kappa shape index (κ1) is 22.6. The number of rotatable bonds is 3. The van der Waals surface area contributed by atoms with Gasteiger partial charge in [0.2, 0.25) is 5.78 Å². The first-order valence-electron chi connectivity index (χ1n) is 11.7. The van der Waals surface area contributed by atoms with Crippen LogP contribution in [-0.2, 0) is 4.79 Å². The molecule has 5 heteroatoms. The second kappa shape index (κ2) is 7.95. The Morgan fingerprint density at radius 1 is 1.06 bits per heavy atom. The van der Waals surface area contributed by atoms with Crippen molar-refractivity contribution in [2.45, 2.75) is 53.4 Å². The van der Waals surface area contributed by atoms with Crippen molar-refractivity contribution < 1.29 is 9.59 Å². The lowest BCUT2D eigenvalue weighted by molar-refractivity contribution is -0.118. The number of thiophene rings is 1. The molecule has 174 valence electrons. The molecule has 2 aliphatic rings. The summed E-state index contributed by atoms with van der Waals surface area (Å²) in [6.45, 7) is 10.2. The van der Waals surface area contributed by atoms with Gasteiger partial charge in [-0.15, -0.1) is 11.3 Å². The van der Waals surface area contributed by atoms with Crippen LogP contribution in [0.4, 0.5) is 10.7 Å². The number of hydrogen-bond acceptors (Lipinski definition) is 5. The fourth-order valence-electron chi connectivity index (χ4n) is 5.70. The van der Waals surface area contributed by atoms with E-state index in [1.807, 2.05) is 63.2 Å². The number of nitrogens with two attached hydrogens (primary N) is 1. The highest BCUT2D eigenvalue weighted by Crippen LogP contribution is 2.54. The molecule has 1 aliphatic carbocycles. The number of nitrogen functional groups attached to an aromatic ring is 1. The van der Waals surface area contributed by atoms with E-state index in [0.717, 1.165) is 50.5 Å². The van der Waals surface area contributed by atoms with Crippen LogP contribution in [0.15, 0.2) is 53.7 Å². The number of allylic oxidation sites excluding steroid dienone is 2. The van der Waals surface area contributed by atoms with Gasteiger partial charge in [-0.3, -0.25) is 9.59 Å². The first-order chi connectivity index (χ1) is 16.1. The lowest BCUT2D eigenvalue weighted by atomic mass is 9.69. The van der Waals surface area contributed by atoms with Crippen molar-refractivity contribution in [3.8, 4) is 0 Å². The molecule has 2 heterocycles. The molecule has 0 saturated carbocycles. The third-order valence-corrected chi connectivity index (χ3v) is 8.12. The molecule has 2 aromatic carbocycles. The van der Waals surface area contributed by atoms with Gasteiger partial charge in [0.05, 0.1) is 10.7 Å². The van der Waals surface area contributed by atoms with Crippen LogP contribution < -0.4 is 11.1 Å². The van der Waals surface area contributed by atoms with E-state index in [0.29, 0.717) is 22.5 Å². The monoisotopic (exact) mass is 470 g/mol. The Morgan fingerprint density at radius 2 is 1.71 bits per heavy atom. The topological polar surface area (TPSA) is 72.2 Å². The standard InChI is InChI=1S/C29H30N2O2S/c1-15-11-16(2)21(17(3)12-15)26(33)27-25(30)24-22(18-9-7-6-8-10-18)23-19(31-28(24)34-27)13-29(4,5)14-20(23)32/h6-12,22,31H,13-14,30H2,1-5H3/t22-/m0/s1. The van der Waals surface area contributed by atoms with Crippen LogP contribution in [0.3, 0.4) is 0 Å². The number of hydrogen-bond donors (Lipinski definition) is 2. The largest absolute Gasteiger partial charge is 0.397 e. The van der Waals surface area contributed by atoms with E-state index >= 15 is 0 Å². The van der Waals surface area contributed by atoms with Gasteiger partial charge in [-0.05, 0) is 49.3 Å². The summed E-state index contributed by atoms with van der Waals surface area (Å²) >= 11 is 1.41. The Kier molecular flexibility index (Phi) is 5.28. The van der Waals surface area contributed by atoms with E-state index in [1.165, 1.54) is 11.3 Å². The molecule has 0 spiro atoms. The van der Waals surface area contributed by atoms with E-state index < -0.39 is 0 Å². The molecule has 0 amide bonds. The van der Waals surface area contributed by atoms with Crippen LogP contribution in [0.1, 0.15) is 75.7 Å². The van der Waals surface area contributed by atoms with Crippen LogP contribution in [0.2, 0.25) is 0 Å². The SMILES string of the molecule is Cc1cc(C)c(C(=O)c2sc3c(c2N)[C@@H](c2ccccc2)C2=C(CC(C)(C)CC2=O)N3)c(C)c1. The Bertz CT molecular complexity index is 1360. The zero-order valence-corrected chi connectivity index (χ0v) is 21.2. The molecule has 0 fully saturated rings. The lowest BCUT2D eigenvalue weighted by Crippen LogP contribution is -2.33. The summed E-state index contributed by atoms with van der Waals surface area (Å²) in [5, 5.41) is 4.41. The minimum absolute atomic E-state index is 0.0508. The number of carbonyl (C=O) groups is 2. The second-order valence-corrected chi connectivity index (χ2v) is 11.5. The van der Waals surface area contributed by atoms with Crippen molar-refractivity contribution >= 4 is 33.6 Å².